The fraction of sp³-hybridized carbons (Fsp3) is 0.500. The quantitative estimate of drug-likeness (QED) is 0.578. The Morgan fingerprint density at radius 3 is 2.80 bits per heavy atom. The maximum atomic E-state index is 13.1. The van der Waals surface area contributed by atoms with Gasteiger partial charge in [-0.2, -0.15) is 0 Å². The van der Waals surface area contributed by atoms with Crippen LogP contribution in [0.1, 0.15) is 6.23 Å². The third-order valence-electron chi connectivity index (χ3n) is 3.35. The van der Waals surface area contributed by atoms with E-state index in [9.17, 15) is 24.2 Å². The molecule has 2 rings (SSSR count). The van der Waals surface area contributed by atoms with Crippen LogP contribution in [0.5, 0.6) is 0 Å². The minimum atomic E-state index is -1.88. The molecular formula is C12H13FN2O5. The van der Waals surface area contributed by atoms with Crippen LogP contribution in [-0.2, 0) is 4.74 Å². The first-order valence-corrected chi connectivity index (χ1v) is 5.79. The summed E-state index contributed by atoms with van der Waals surface area (Å²) in [7, 11) is 0. The minimum absolute atomic E-state index is 0.610. The van der Waals surface area contributed by atoms with E-state index in [1.165, 1.54) is 0 Å². The number of alkyl halides is 1. The van der Waals surface area contributed by atoms with E-state index >= 15 is 0 Å². The largest absolute Gasteiger partial charge is 0.393 e. The van der Waals surface area contributed by atoms with Gasteiger partial charge in [0.25, 0.3) is 5.56 Å². The van der Waals surface area contributed by atoms with Gasteiger partial charge in [0.05, 0.1) is 12.5 Å². The fourth-order valence-electron chi connectivity index (χ4n) is 2.18. The zero-order valence-corrected chi connectivity index (χ0v) is 10.3. The molecule has 1 unspecified atom stereocenters. The molecule has 20 heavy (non-hydrogen) atoms. The lowest BCUT2D eigenvalue weighted by molar-refractivity contribution is -0.138. The Bertz CT molecular complexity index is 642. The molecular weight excluding hydrogens is 271 g/mol. The lowest BCUT2D eigenvalue weighted by Crippen LogP contribution is -2.46. The fourth-order valence-corrected chi connectivity index (χ4v) is 2.18. The van der Waals surface area contributed by atoms with Crippen LogP contribution in [0.4, 0.5) is 4.39 Å². The highest BCUT2D eigenvalue weighted by Crippen LogP contribution is 2.40. The molecule has 0 amide bonds. The van der Waals surface area contributed by atoms with Crippen molar-refractivity contribution in [3.63, 3.8) is 0 Å². The van der Waals surface area contributed by atoms with Crippen LogP contribution in [0.25, 0.3) is 0 Å². The van der Waals surface area contributed by atoms with Gasteiger partial charge >= 0.3 is 5.69 Å². The molecule has 0 saturated carbocycles. The van der Waals surface area contributed by atoms with E-state index in [0.717, 1.165) is 16.8 Å². The maximum Gasteiger partial charge on any atom is 0.330 e. The Labute approximate surface area is 112 Å². The van der Waals surface area contributed by atoms with Crippen molar-refractivity contribution in [2.45, 2.75) is 17.9 Å². The third kappa shape index (κ3) is 2.06. The zero-order chi connectivity index (χ0) is 14.9. The lowest BCUT2D eigenvalue weighted by Gasteiger charge is -2.26. The third-order valence-corrected chi connectivity index (χ3v) is 3.35. The normalized spacial score (nSPS) is 33.0. The molecule has 0 bridgehead atoms. The monoisotopic (exact) mass is 284 g/mol. The molecule has 0 spiro atoms. The summed E-state index contributed by atoms with van der Waals surface area (Å²) < 4.78 is 19.3. The molecule has 1 aromatic heterocycles. The molecule has 0 aromatic carbocycles. The second-order valence-corrected chi connectivity index (χ2v) is 4.52. The Hall–Kier alpha value is -1.95. The van der Waals surface area contributed by atoms with E-state index in [0.29, 0.717) is 0 Å². The van der Waals surface area contributed by atoms with Crippen LogP contribution < -0.4 is 11.2 Å². The van der Waals surface area contributed by atoms with Crippen molar-refractivity contribution in [3.8, 4) is 12.3 Å². The van der Waals surface area contributed by atoms with Gasteiger partial charge in [0.1, 0.15) is 18.4 Å². The molecule has 8 heteroatoms. The summed E-state index contributed by atoms with van der Waals surface area (Å²) in [5.74, 6) is 1.18. The zero-order valence-electron chi connectivity index (χ0n) is 10.3. The number of nitrogens with one attached hydrogen (secondary N) is 1. The number of terminal acetylenes is 1. The number of H-pyrrole nitrogens is 1. The summed E-state index contributed by atoms with van der Waals surface area (Å²) in [6, 6.07) is 1.07. The smallest absolute Gasteiger partial charge is 0.330 e. The number of aliphatic hydroxyl groups is 2. The van der Waals surface area contributed by atoms with Gasteiger partial charge in [0.15, 0.2) is 6.23 Å². The molecule has 108 valence electrons. The van der Waals surface area contributed by atoms with E-state index in [-0.39, 0.29) is 0 Å². The first-order valence-electron chi connectivity index (χ1n) is 5.79. The highest BCUT2D eigenvalue weighted by atomic mass is 19.1. The molecule has 1 saturated heterocycles. The highest BCUT2D eigenvalue weighted by Gasteiger charge is 2.55. The standard InChI is InChI=1S/C12H13FN2O5/c1-2-7-9(18)12(5-13,6-16)20-10(7)15-4-3-8(17)14-11(15)19/h1,3-4,7,9-10,16,18H,5-6H2,(H,14,17,19)/t7?,9-,10+,12+/m0/s1. The van der Waals surface area contributed by atoms with Crippen molar-refractivity contribution in [2.24, 2.45) is 5.92 Å². The van der Waals surface area contributed by atoms with E-state index in [2.05, 4.69) is 5.92 Å². The van der Waals surface area contributed by atoms with Crippen molar-refractivity contribution in [1.29, 1.82) is 0 Å². The molecule has 4 atom stereocenters. The summed E-state index contributed by atoms with van der Waals surface area (Å²) in [6.45, 7) is -1.96. The Kier molecular flexibility index (Phi) is 3.76. The molecule has 1 aliphatic heterocycles. The van der Waals surface area contributed by atoms with Gasteiger partial charge in [-0.25, -0.2) is 9.18 Å². The van der Waals surface area contributed by atoms with Crippen LogP contribution in [-0.4, -0.2) is 44.8 Å². The van der Waals surface area contributed by atoms with Gasteiger partial charge in [-0.15, -0.1) is 6.42 Å². The number of nitrogens with zero attached hydrogens (tertiary/aromatic N) is 1. The summed E-state index contributed by atoms with van der Waals surface area (Å²) >= 11 is 0. The van der Waals surface area contributed by atoms with Crippen molar-refractivity contribution in [1.82, 2.24) is 9.55 Å². The van der Waals surface area contributed by atoms with Gasteiger partial charge < -0.3 is 14.9 Å². The second kappa shape index (κ2) is 5.20. The van der Waals surface area contributed by atoms with Gasteiger partial charge in [-0.05, 0) is 0 Å². The van der Waals surface area contributed by atoms with Crippen LogP contribution in [0.15, 0.2) is 21.9 Å². The number of rotatable bonds is 3. The maximum absolute atomic E-state index is 13.1. The first-order chi connectivity index (χ1) is 9.49. The van der Waals surface area contributed by atoms with Crippen molar-refractivity contribution < 1.29 is 19.3 Å². The molecule has 7 nitrogen and oxygen atoms in total. The topological polar surface area (TPSA) is 105 Å². The molecule has 0 aliphatic carbocycles. The molecule has 1 fully saturated rings. The minimum Gasteiger partial charge on any atom is -0.393 e. The van der Waals surface area contributed by atoms with E-state index in [4.69, 9.17) is 11.2 Å². The van der Waals surface area contributed by atoms with Crippen molar-refractivity contribution in [3.05, 3.63) is 33.1 Å². The molecule has 2 heterocycles. The number of hydrogen-bond donors (Lipinski definition) is 3. The number of ether oxygens (including phenoxy) is 1. The van der Waals surface area contributed by atoms with E-state index in [1.54, 1.807) is 0 Å². The second-order valence-electron chi connectivity index (χ2n) is 4.52. The Balaban J connectivity index is 2.49. The number of hydrogen-bond acceptors (Lipinski definition) is 5. The summed E-state index contributed by atoms with van der Waals surface area (Å²) in [4.78, 5) is 24.7. The van der Waals surface area contributed by atoms with E-state index < -0.39 is 48.4 Å². The van der Waals surface area contributed by atoms with Gasteiger partial charge in [0.2, 0.25) is 0 Å². The van der Waals surface area contributed by atoms with Crippen LogP contribution in [0.3, 0.4) is 0 Å². The number of halogens is 1. The van der Waals surface area contributed by atoms with Crippen molar-refractivity contribution >= 4 is 0 Å². The summed E-state index contributed by atoms with van der Waals surface area (Å²) in [5, 5.41) is 19.3. The lowest BCUT2D eigenvalue weighted by atomic mass is 9.91. The number of aromatic amines is 1. The predicted molar refractivity (Wildman–Crippen MR) is 65.6 cm³/mol. The van der Waals surface area contributed by atoms with Crippen molar-refractivity contribution in [2.75, 3.05) is 13.3 Å². The van der Waals surface area contributed by atoms with E-state index in [1.807, 2.05) is 4.98 Å². The van der Waals surface area contributed by atoms with Gasteiger partial charge in [-0.3, -0.25) is 14.3 Å². The molecule has 1 aromatic rings. The summed E-state index contributed by atoms with van der Waals surface area (Å²) in [5.41, 5.74) is -3.29. The van der Waals surface area contributed by atoms with Gasteiger partial charge in [0, 0.05) is 12.3 Å². The predicted octanol–water partition coefficient (Wildman–Crippen LogP) is -1.62. The number of aromatic nitrogens is 2. The average molecular weight is 284 g/mol. The molecule has 0 radical (unpaired) electrons. The van der Waals surface area contributed by atoms with Crippen LogP contribution >= 0.6 is 0 Å². The first kappa shape index (κ1) is 14.5. The number of aliphatic hydroxyl groups excluding tert-OH is 2. The molecule has 1 aliphatic rings. The van der Waals surface area contributed by atoms with Crippen LogP contribution in [0.2, 0.25) is 0 Å². The summed E-state index contributed by atoms with van der Waals surface area (Å²) in [6.07, 6.45) is 3.76. The van der Waals surface area contributed by atoms with Crippen LogP contribution in [0, 0.1) is 18.3 Å². The average Bonchev–Trinajstić information content (AvgIpc) is 2.71. The SMILES string of the molecule is C#CC1[C@H](n2ccc(=O)[nH]c2=O)O[C@@](CO)(CF)[C@H]1O. The molecule has 3 N–H and O–H groups in total. The highest BCUT2D eigenvalue weighted by molar-refractivity contribution is 5.11. The Morgan fingerprint density at radius 1 is 1.60 bits per heavy atom. The van der Waals surface area contributed by atoms with Gasteiger partial charge in [-0.1, -0.05) is 5.92 Å². The Morgan fingerprint density at radius 2 is 2.30 bits per heavy atom.